The number of benzene rings is 1. The van der Waals surface area contributed by atoms with Crippen LogP contribution in [0.1, 0.15) is 31.7 Å². The zero-order chi connectivity index (χ0) is 15.5. The highest BCUT2D eigenvalue weighted by Crippen LogP contribution is 2.06. The Balaban J connectivity index is 2.67. The normalized spacial score (nSPS) is 11.5. The first-order valence-electron chi connectivity index (χ1n) is 7.28. The van der Waals surface area contributed by atoms with Crippen molar-refractivity contribution in [2.75, 3.05) is 6.61 Å². The van der Waals surface area contributed by atoms with Gasteiger partial charge in [0.2, 0.25) is 5.91 Å². The number of hydrogen-bond acceptors (Lipinski definition) is 3. The van der Waals surface area contributed by atoms with Gasteiger partial charge in [0.25, 0.3) is 0 Å². The van der Waals surface area contributed by atoms with Crippen LogP contribution in [0.2, 0.25) is 0 Å². The summed E-state index contributed by atoms with van der Waals surface area (Å²) in [6.07, 6.45) is 4.12. The van der Waals surface area contributed by atoms with E-state index in [1.165, 1.54) is 6.08 Å². The second-order valence-corrected chi connectivity index (χ2v) is 4.83. The minimum Gasteiger partial charge on any atom is -0.460 e. The van der Waals surface area contributed by atoms with Gasteiger partial charge < -0.3 is 10.1 Å². The van der Waals surface area contributed by atoms with Crippen molar-refractivity contribution in [3.63, 3.8) is 0 Å². The monoisotopic (exact) mass is 289 g/mol. The Hall–Kier alpha value is -2.10. The Kier molecular flexibility index (Phi) is 7.87. The maximum absolute atomic E-state index is 12.0. The smallest absolute Gasteiger partial charge is 0.329 e. The van der Waals surface area contributed by atoms with E-state index in [9.17, 15) is 9.59 Å². The zero-order valence-corrected chi connectivity index (χ0v) is 12.5. The first kappa shape index (κ1) is 17.0. The second kappa shape index (κ2) is 9.75. The van der Waals surface area contributed by atoms with Crippen molar-refractivity contribution in [3.05, 3.63) is 48.6 Å². The molecule has 0 fully saturated rings. The van der Waals surface area contributed by atoms with Crippen molar-refractivity contribution in [2.24, 2.45) is 0 Å². The number of hydrogen-bond donors (Lipinski definition) is 1. The van der Waals surface area contributed by atoms with E-state index in [-0.39, 0.29) is 12.5 Å². The van der Waals surface area contributed by atoms with Crippen LogP contribution < -0.4 is 5.32 Å². The molecule has 1 amide bonds. The third-order valence-corrected chi connectivity index (χ3v) is 3.00. The molecule has 0 spiro atoms. The highest BCUT2D eigenvalue weighted by Gasteiger charge is 2.22. The topological polar surface area (TPSA) is 55.4 Å². The molecule has 1 unspecified atom stereocenters. The Morgan fingerprint density at radius 2 is 2.05 bits per heavy atom. The van der Waals surface area contributed by atoms with Gasteiger partial charge in [0.05, 0.1) is 0 Å². The second-order valence-electron chi connectivity index (χ2n) is 4.83. The number of unbranched alkanes of at least 4 members (excludes halogenated alkanes) is 1. The van der Waals surface area contributed by atoms with Crippen molar-refractivity contribution in [1.82, 2.24) is 5.32 Å². The van der Waals surface area contributed by atoms with Gasteiger partial charge in [-0.1, -0.05) is 56.3 Å². The molecule has 0 saturated heterocycles. The summed E-state index contributed by atoms with van der Waals surface area (Å²) in [5, 5.41) is 2.76. The van der Waals surface area contributed by atoms with E-state index in [1.807, 2.05) is 37.3 Å². The van der Waals surface area contributed by atoms with Crippen LogP contribution in [0.4, 0.5) is 0 Å². The van der Waals surface area contributed by atoms with Gasteiger partial charge in [-0.2, -0.15) is 0 Å². The summed E-state index contributed by atoms with van der Waals surface area (Å²) < 4.78 is 5.06. The largest absolute Gasteiger partial charge is 0.460 e. The standard InChI is InChI=1S/C17H23NO3/c1-3-5-11-16(19)18-15(17(20)21-12-4-2)13-14-9-7-6-8-10-14/h4,6-10,15H,2-3,5,11-13H2,1H3,(H,18,19). The summed E-state index contributed by atoms with van der Waals surface area (Å²) >= 11 is 0. The van der Waals surface area contributed by atoms with Crippen LogP contribution in [0.25, 0.3) is 0 Å². The molecule has 1 rings (SSSR count). The molecule has 4 heteroatoms. The molecular weight excluding hydrogens is 266 g/mol. The third kappa shape index (κ3) is 6.75. The van der Waals surface area contributed by atoms with Gasteiger partial charge in [-0.15, -0.1) is 0 Å². The van der Waals surface area contributed by atoms with Crippen molar-refractivity contribution in [2.45, 2.75) is 38.6 Å². The van der Waals surface area contributed by atoms with Gasteiger partial charge in [0, 0.05) is 12.8 Å². The lowest BCUT2D eigenvalue weighted by molar-refractivity contribution is -0.146. The van der Waals surface area contributed by atoms with E-state index < -0.39 is 12.0 Å². The number of esters is 1. The van der Waals surface area contributed by atoms with Crippen molar-refractivity contribution < 1.29 is 14.3 Å². The molecule has 0 bridgehead atoms. The predicted molar refractivity (Wildman–Crippen MR) is 82.8 cm³/mol. The van der Waals surface area contributed by atoms with Crippen LogP contribution in [-0.4, -0.2) is 24.5 Å². The van der Waals surface area contributed by atoms with Crippen LogP contribution in [-0.2, 0) is 20.7 Å². The summed E-state index contributed by atoms with van der Waals surface area (Å²) in [5.74, 6) is -0.545. The Morgan fingerprint density at radius 3 is 2.67 bits per heavy atom. The van der Waals surface area contributed by atoms with Crippen molar-refractivity contribution in [3.8, 4) is 0 Å². The van der Waals surface area contributed by atoms with Gasteiger partial charge >= 0.3 is 5.97 Å². The first-order chi connectivity index (χ1) is 10.2. The van der Waals surface area contributed by atoms with Crippen molar-refractivity contribution in [1.29, 1.82) is 0 Å². The van der Waals surface area contributed by atoms with Crippen molar-refractivity contribution >= 4 is 11.9 Å². The highest BCUT2D eigenvalue weighted by atomic mass is 16.5. The molecule has 0 aliphatic carbocycles. The molecule has 21 heavy (non-hydrogen) atoms. The van der Waals surface area contributed by atoms with Crippen LogP contribution in [0, 0.1) is 0 Å². The molecule has 0 heterocycles. The fourth-order valence-corrected chi connectivity index (χ4v) is 1.89. The lowest BCUT2D eigenvalue weighted by Crippen LogP contribution is -2.43. The molecule has 1 atom stereocenters. The number of rotatable bonds is 9. The first-order valence-corrected chi connectivity index (χ1v) is 7.28. The lowest BCUT2D eigenvalue weighted by Gasteiger charge is -2.17. The van der Waals surface area contributed by atoms with Crippen LogP contribution in [0.5, 0.6) is 0 Å². The SMILES string of the molecule is C=CCOC(=O)C(Cc1ccccc1)NC(=O)CCCC. The fourth-order valence-electron chi connectivity index (χ4n) is 1.89. The molecule has 0 aromatic heterocycles. The summed E-state index contributed by atoms with van der Waals surface area (Å²) in [6.45, 7) is 5.68. The maximum Gasteiger partial charge on any atom is 0.329 e. The maximum atomic E-state index is 12.0. The predicted octanol–water partition coefficient (Wildman–Crippen LogP) is 2.63. The highest BCUT2D eigenvalue weighted by molar-refractivity contribution is 5.84. The number of carbonyl (C=O) groups excluding carboxylic acids is 2. The minimum absolute atomic E-state index is 0.117. The van der Waals surface area contributed by atoms with E-state index in [0.717, 1.165) is 18.4 Å². The van der Waals surface area contributed by atoms with E-state index in [4.69, 9.17) is 4.74 Å². The minimum atomic E-state index is -0.656. The number of ether oxygens (including phenoxy) is 1. The number of nitrogens with one attached hydrogen (secondary N) is 1. The van der Waals surface area contributed by atoms with E-state index >= 15 is 0 Å². The average Bonchev–Trinajstić information content (AvgIpc) is 2.51. The molecule has 114 valence electrons. The lowest BCUT2D eigenvalue weighted by atomic mass is 10.1. The summed E-state index contributed by atoms with van der Waals surface area (Å²) in [4.78, 5) is 23.9. The number of amides is 1. The van der Waals surface area contributed by atoms with Crippen LogP contribution in [0.3, 0.4) is 0 Å². The van der Waals surface area contributed by atoms with Gasteiger partial charge in [-0.3, -0.25) is 4.79 Å². The Morgan fingerprint density at radius 1 is 1.33 bits per heavy atom. The molecule has 1 aromatic carbocycles. The van der Waals surface area contributed by atoms with Crippen LogP contribution in [0.15, 0.2) is 43.0 Å². The van der Waals surface area contributed by atoms with E-state index in [2.05, 4.69) is 11.9 Å². The average molecular weight is 289 g/mol. The van der Waals surface area contributed by atoms with E-state index in [1.54, 1.807) is 0 Å². The molecule has 0 saturated carbocycles. The molecule has 1 N–H and O–H groups in total. The van der Waals surface area contributed by atoms with Gasteiger partial charge in [0.1, 0.15) is 12.6 Å². The van der Waals surface area contributed by atoms with Gasteiger partial charge in [-0.25, -0.2) is 4.79 Å². The Bertz CT molecular complexity index is 456. The van der Waals surface area contributed by atoms with Gasteiger partial charge in [0.15, 0.2) is 0 Å². The molecule has 0 radical (unpaired) electrons. The van der Waals surface area contributed by atoms with E-state index in [0.29, 0.717) is 12.8 Å². The Labute approximate surface area is 126 Å². The molecule has 4 nitrogen and oxygen atoms in total. The summed E-state index contributed by atoms with van der Waals surface area (Å²) in [7, 11) is 0. The molecule has 0 aliphatic heterocycles. The quantitative estimate of drug-likeness (QED) is 0.561. The zero-order valence-electron chi connectivity index (χ0n) is 12.5. The fraction of sp³-hybridized carbons (Fsp3) is 0.412. The molecule has 1 aromatic rings. The van der Waals surface area contributed by atoms with Crippen LogP contribution >= 0.6 is 0 Å². The molecular formula is C17H23NO3. The van der Waals surface area contributed by atoms with Gasteiger partial charge in [-0.05, 0) is 12.0 Å². The molecule has 0 aliphatic rings. The number of carbonyl (C=O) groups is 2. The summed E-state index contributed by atoms with van der Waals surface area (Å²) in [5.41, 5.74) is 0.980. The third-order valence-electron chi connectivity index (χ3n) is 3.00. The summed E-state index contributed by atoms with van der Waals surface area (Å²) in [6, 6.07) is 8.91.